The van der Waals surface area contributed by atoms with Crippen molar-refractivity contribution in [3.63, 3.8) is 0 Å². The van der Waals surface area contributed by atoms with Crippen LogP contribution in [-0.4, -0.2) is 22.9 Å². The van der Waals surface area contributed by atoms with Gasteiger partial charge in [0.15, 0.2) is 5.82 Å². The Kier molecular flexibility index (Phi) is 6.42. The largest absolute Gasteiger partial charge is 0.496 e. The van der Waals surface area contributed by atoms with E-state index in [0.717, 1.165) is 15.5 Å². The molecule has 7 nitrogen and oxygen atoms in total. The van der Waals surface area contributed by atoms with Gasteiger partial charge in [0.1, 0.15) is 11.3 Å². The van der Waals surface area contributed by atoms with Gasteiger partial charge in [-0.25, -0.2) is 9.18 Å². The molecule has 0 spiro atoms. The van der Waals surface area contributed by atoms with E-state index in [4.69, 9.17) is 9.15 Å². The van der Waals surface area contributed by atoms with Crippen molar-refractivity contribution >= 4 is 22.9 Å². The standard InChI is InChI=1S/C25H26FN3O4S/c1-25(2,3)17-11-18(29-9-8-20(30)28-24(29)31)22(26)21(23(17)32-4)14-6-7-16-15(12-27-34-5)13-33-19(16)10-14/h6-11,13,27H,12H2,1-5H3,(H,28,30,31). The molecule has 0 fully saturated rings. The third kappa shape index (κ3) is 4.28. The number of hydrogen-bond donors (Lipinski definition) is 2. The molecule has 178 valence electrons. The molecule has 0 saturated heterocycles. The SMILES string of the molecule is COc1c(C(C)(C)C)cc(-n2ccc(=O)[nH]c2=O)c(F)c1-c1ccc2c(CNSC)coc2c1. The average molecular weight is 484 g/mol. The Morgan fingerprint density at radius 2 is 1.97 bits per heavy atom. The fourth-order valence-corrected chi connectivity index (χ4v) is 4.26. The first-order valence-electron chi connectivity index (χ1n) is 10.7. The number of fused-ring (bicyclic) bond motifs is 1. The second-order valence-electron chi connectivity index (χ2n) is 8.89. The molecule has 2 heterocycles. The molecule has 0 bridgehead atoms. The Hall–Kier alpha value is -3.30. The summed E-state index contributed by atoms with van der Waals surface area (Å²) in [7, 11) is 1.50. The van der Waals surface area contributed by atoms with Crippen LogP contribution in [0.1, 0.15) is 31.9 Å². The molecular formula is C25H26FN3O4S. The fraction of sp³-hybridized carbons (Fsp3) is 0.280. The van der Waals surface area contributed by atoms with Crippen LogP contribution in [0.2, 0.25) is 0 Å². The van der Waals surface area contributed by atoms with E-state index < -0.39 is 22.5 Å². The molecule has 0 aliphatic heterocycles. The van der Waals surface area contributed by atoms with E-state index in [1.807, 2.05) is 39.2 Å². The lowest BCUT2D eigenvalue weighted by Gasteiger charge is -2.26. The summed E-state index contributed by atoms with van der Waals surface area (Å²) in [6.45, 7) is 6.57. The molecule has 9 heteroatoms. The molecule has 2 aromatic heterocycles. The minimum absolute atomic E-state index is 0.0198. The monoisotopic (exact) mass is 483 g/mol. The van der Waals surface area contributed by atoms with Crippen LogP contribution in [0.4, 0.5) is 4.39 Å². The van der Waals surface area contributed by atoms with Gasteiger partial charge in [0.2, 0.25) is 0 Å². The van der Waals surface area contributed by atoms with Gasteiger partial charge < -0.3 is 9.15 Å². The lowest BCUT2D eigenvalue weighted by atomic mass is 9.83. The van der Waals surface area contributed by atoms with Gasteiger partial charge in [0, 0.05) is 35.3 Å². The minimum Gasteiger partial charge on any atom is -0.496 e. The minimum atomic E-state index is -0.727. The molecule has 4 rings (SSSR count). The maximum absolute atomic E-state index is 16.1. The maximum Gasteiger partial charge on any atom is 0.333 e. The zero-order valence-electron chi connectivity index (χ0n) is 19.6. The van der Waals surface area contributed by atoms with E-state index in [0.29, 0.717) is 29.0 Å². The Balaban J connectivity index is 2.01. The molecule has 0 saturated carbocycles. The average Bonchev–Trinajstić information content (AvgIpc) is 3.19. The van der Waals surface area contributed by atoms with Gasteiger partial charge in [0.25, 0.3) is 5.56 Å². The summed E-state index contributed by atoms with van der Waals surface area (Å²) in [6.07, 6.45) is 4.90. The molecule has 0 unspecified atom stereocenters. The van der Waals surface area contributed by atoms with Crippen LogP contribution in [0.3, 0.4) is 0 Å². The molecule has 0 amide bonds. The Morgan fingerprint density at radius 3 is 2.62 bits per heavy atom. The summed E-state index contributed by atoms with van der Waals surface area (Å²) in [5, 5.41) is 0.925. The van der Waals surface area contributed by atoms with Crippen molar-refractivity contribution in [1.82, 2.24) is 14.3 Å². The number of nitrogens with one attached hydrogen (secondary N) is 2. The highest BCUT2D eigenvalue weighted by Crippen LogP contribution is 2.44. The molecule has 0 aliphatic rings. The van der Waals surface area contributed by atoms with Crippen molar-refractivity contribution in [2.45, 2.75) is 32.7 Å². The lowest BCUT2D eigenvalue weighted by molar-refractivity contribution is 0.396. The molecule has 0 atom stereocenters. The molecule has 2 N–H and O–H groups in total. The number of benzene rings is 2. The summed E-state index contributed by atoms with van der Waals surface area (Å²) in [5.41, 5.74) is 1.38. The Bertz CT molecular complexity index is 1480. The number of aromatic nitrogens is 2. The topological polar surface area (TPSA) is 89.3 Å². The third-order valence-electron chi connectivity index (χ3n) is 5.64. The Labute approximate surface area is 200 Å². The number of furan rings is 1. The number of methoxy groups -OCH3 is 1. The van der Waals surface area contributed by atoms with Crippen molar-refractivity contribution in [2.24, 2.45) is 0 Å². The third-order valence-corrected chi connectivity index (χ3v) is 6.08. The predicted molar refractivity (Wildman–Crippen MR) is 133 cm³/mol. The van der Waals surface area contributed by atoms with E-state index in [2.05, 4.69) is 9.71 Å². The van der Waals surface area contributed by atoms with Gasteiger partial charge in [-0.15, -0.1) is 0 Å². The summed E-state index contributed by atoms with van der Waals surface area (Å²) in [5.74, 6) is -0.268. The first kappa shape index (κ1) is 23.8. The van der Waals surface area contributed by atoms with Gasteiger partial charge >= 0.3 is 5.69 Å². The number of aromatic amines is 1. The molecular weight excluding hydrogens is 457 g/mol. The van der Waals surface area contributed by atoms with Crippen LogP contribution in [0.15, 0.2) is 56.8 Å². The van der Waals surface area contributed by atoms with Crippen molar-refractivity contribution < 1.29 is 13.5 Å². The zero-order valence-corrected chi connectivity index (χ0v) is 20.4. The summed E-state index contributed by atoms with van der Waals surface area (Å²) < 4.78 is 31.9. The van der Waals surface area contributed by atoms with Gasteiger partial charge in [-0.2, -0.15) is 0 Å². The molecule has 0 aliphatic carbocycles. The second kappa shape index (κ2) is 9.15. The van der Waals surface area contributed by atoms with Crippen molar-refractivity contribution in [2.75, 3.05) is 13.4 Å². The quantitative estimate of drug-likeness (QED) is 0.385. The number of halogens is 1. The highest BCUT2D eigenvalue weighted by atomic mass is 32.2. The summed E-state index contributed by atoms with van der Waals surface area (Å²) in [6, 6.07) is 8.24. The van der Waals surface area contributed by atoms with Crippen LogP contribution >= 0.6 is 11.9 Å². The van der Waals surface area contributed by atoms with Crippen LogP contribution in [0.5, 0.6) is 5.75 Å². The smallest absolute Gasteiger partial charge is 0.333 e. The van der Waals surface area contributed by atoms with Crippen LogP contribution in [-0.2, 0) is 12.0 Å². The highest BCUT2D eigenvalue weighted by Gasteiger charge is 2.28. The van der Waals surface area contributed by atoms with Gasteiger partial charge in [-0.1, -0.05) is 44.9 Å². The lowest BCUT2D eigenvalue weighted by Crippen LogP contribution is -2.28. The number of rotatable bonds is 6. The molecule has 4 aromatic rings. The second-order valence-corrected chi connectivity index (χ2v) is 9.59. The van der Waals surface area contributed by atoms with Gasteiger partial charge in [-0.05, 0) is 29.4 Å². The van der Waals surface area contributed by atoms with E-state index >= 15 is 4.39 Å². The van der Waals surface area contributed by atoms with Crippen LogP contribution in [0, 0.1) is 5.82 Å². The zero-order chi connectivity index (χ0) is 24.6. The summed E-state index contributed by atoms with van der Waals surface area (Å²) in [4.78, 5) is 26.3. The fourth-order valence-electron chi connectivity index (χ4n) is 3.96. The van der Waals surface area contributed by atoms with Gasteiger partial charge in [0.05, 0.1) is 24.6 Å². The number of ether oxygens (including phenoxy) is 1. The van der Waals surface area contributed by atoms with E-state index in [9.17, 15) is 9.59 Å². The predicted octanol–water partition coefficient (Wildman–Crippen LogP) is 4.75. The molecule has 0 radical (unpaired) electrons. The van der Waals surface area contributed by atoms with Crippen LogP contribution < -0.4 is 20.7 Å². The first-order valence-corrected chi connectivity index (χ1v) is 11.9. The van der Waals surface area contributed by atoms with E-state index in [1.54, 1.807) is 18.4 Å². The van der Waals surface area contributed by atoms with Crippen molar-refractivity contribution in [3.8, 4) is 22.6 Å². The van der Waals surface area contributed by atoms with Crippen LogP contribution in [0.25, 0.3) is 27.8 Å². The number of hydrogen-bond acceptors (Lipinski definition) is 6. The first-order chi connectivity index (χ1) is 16.2. The highest BCUT2D eigenvalue weighted by molar-refractivity contribution is 7.96. The molecule has 2 aromatic carbocycles. The van der Waals surface area contributed by atoms with Gasteiger partial charge in [-0.3, -0.25) is 19.1 Å². The Morgan fingerprint density at radius 1 is 1.21 bits per heavy atom. The van der Waals surface area contributed by atoms with E-state index in [-0.39, 0.29) is 11.3 Å². The number of nitrogens with zero attached hydrogens (tertiary/aromatic N) is 1. The maximum atomic E-state index is 16.1. The van der Waals surface area contributed by atoms with Crippen molar-refractivity contribution in [3.05, 3.63) is 80.6 Å². The molecule has 34 heavy (non-hydrogen) atoms. The normalized spacial score (nSPS) is 11.8. The van der Waals surface area contributed by atoms with E-state index in [1.165, 1.54) is 31.3 Å². The van der Waals surface area contributed by atoms with Crippen molar-refractivity contribution in [1.29, 1.82) is 0 Å². The summed E-state index contributed by atoms with van der Waals surface area (Å²) >= 11 is 1.51. The number of H-pyrrole nitrogens is 1.